The molecule has 0 fully saturated rings. The Labute approximate surface area is 185 Å². The smallest absolute Gasteiger partial charge is 0.294 e. The van der Waals surface area contributed by atoms with Crippen LogP contribution in [0.2, 0.25) is 10.0 Å². The van der Waals surface area contributed by atoms with E-state index < -0.39 is 5.91 Å². The first-order chi connectivity index (χ1) is 15.0. The van der Waals surface area contributed by atoms with Crippen LogP contribution in [0.25, 0.3) is 17.1 Å². The van der Waals surface area contributed by atoms with Crippen molar-refractivity contribution < 1.29 is 9.42 Å². The van der Waals surface area contributed by atoms with Gasteiger partial charge in [-0.2, -0.15) is 9.78 Å². The predicted molar refractivity (Wildman–Crippen MR) is 115 cm³/mol. The summed E-state index contributed by atoms with van der Waals surface area (Å²) >= 11 is 12.0. The van der Waals surface area contributed by atoms with Gasteiger partial charge in [-0.25, -0.2) is 10.1 Å². The molecule has 2 heterocycles. The van der Waals surface area contributed by atoms with Gasteiger partial charge in [0.05, 0.1) is 15.8 Å². The molecule has 0 aliphatic rings. The number of rotatable bonds is 5. The van der Waals surface area contributed by atoms with Gasteiger partial charge in [0.1, 0.15) is 5.69 Å². The normalized spacial score (nSPS) is 11.5. The molecule has 0 atom stereocenters. The van der Waals surface area contributed by atoms with Crippen LogP contribution in [0.1, 0.15) is 23.0 Å². The molecule has 4 aromatic rings. The molecule has 0 aliphatic heterocycles. The van der Waals surface area contributed by atoms with Crippen molar-refractivity contribution in [3.05, 3.63) is 69.8 Å². The fraction of sp³-hybridized carbons (Fsp3) is 0.0526. The Balaban J connectivity index is 1.69. The highest BCUT2D eigenvalue weighted by atomic mass is 35.5. The summed E-state index contributed by atoms with van der Waals surface area (Å²) in [5.74, 6) is -0.469. The zero-order chi connectivity index (χ0) is 22.0. The second-order valence-corrected chi connectivity index (χ2v) is 7.12. The minimum atomic E-state index is -0.584. The number of hydrogen-bond acceptors (Lipinski definition) is 8. The van der Waals surface area contributed by atoms with Crippen LogP contribution >= 0.6 is 23.2 Å². The number of hydrogen-bond donors (Lipinski definition) is 2. The summed E-state index contributed by atoms with van der Waals surface area (Å²) in [5.41, 5.74) is 10.5. The van der Waals surface area contributed by atoms with Crippen LogP contribution in [0.4, 0.5) is 5.82 Å². The van der Waals surface area contributed by atoms with Gasteiger partial charge in [-0.3, -0.25) is 4.79 Å². The van der Waals surface area contributed by atoms with Crippen molar-refractivity contribution in [2.75, 3.05) is 5.73 Å². The summed E-state index contributed by atoms with van der Waals surface area (Å²) in [4.78, 5) is 12.9. The number of benzene rings is 2. The van der Waals surface area contributed by atoms with Gasteiger partial charge in [0.15, 0.2) is 5.69 Å². The summed E-state index contributed by atoms with van der Waals surface area (Å²) in [6, 6.07) is 14.1. The Morgan fingerprint density at radius 1 is 1.13 bits per heavy atom. The second kappa shape index (κ2) is 8.54. The van der Waals surface area contributed by atoms with Crippen molar-refractivity contribution in [2.45, 2.75) is 6.92 Å². The molecule has 1 amide bonds. The number of nitrogens with zero attached hydrogens (tertiary/aromatic N) is 6. The van der Waals surface area contributed by atoms with Crippen molar-refractivity contribution >= 4 is 40.6 Å². The molecular formula is C19H14Cl2N8O2. The fourth-order valence-corrected chi connectivity index (χ4v) is 3.05. The predicted octanol–water partition coefficient (Wildman–Crippen LogP) is 3.36. The Morgan fingerprint density at radius 2 is 1.90 bits per heavy atom. The van der Waals surface area contributed by atoms with Crippen LogP contribution in [0.5, 0.6) is 0 Å². The number of aromatic nitrogens is 5. The van der Waals surface area contributed by atoms with Gasteiger partial charge in [-0.1, -0.05) is 64.8 Å². The molecule has 0 saturated carbocycles. The first-order valence-corrected chi connectivity index (χ1v) is 9.61. The quantitative estimate of drug-likeness (QED) is 0.346. The lowest BCUT2D eigenvalue weighted by Gasteiger charge is -2.06. The maximum atomic E-state index is 12.9. The number of anilines is 1. The number of halogens is 2. The van der Waals surface area contributed by atoms with Crippen molar-refractivity contribution in [3.63, 3.8) is 0 Å². The summed E-state index contributed by atoms with van der Waals surface area (Å²) in [6.45, 7) is 1.72. The van der Waals surface area contributed by atoms with Crippen LogP contribution in [0.15, 0.2) is 58.3 Å². The third-order valence-corrected chi connectivity index (χ3v) is 5.03. The van der Waals surface area contributed by atoms with Gasteiger partial charge >= 0.3 is 0 Å². The number of hydrazone groups is 1. The topological polar surface area (TPSA) is 137 Å². The monoisotopic (exact) mass is 456 g/mol. The largest absolute Gasteiger partial charge is 0.378 e. The number of nitrogens with two attached hydrogens (primary N) is 1. The molecule has 31 heavy (non-hydrogen) atoms. The molecule has 10 nitrogen and oxygen atoms in total. The highest BCUT2D eigenvalue weighted by Crippen LogP contribution is 2.26. The van der Waals surface area contributed by atoms with Gasteiger partial charge in [0.25, 0.3) is 5.91 Å². The SMILES string of the molecule is C/C(=N/NC(=O)c1nnn(-c2nonc2N)c1-c1ccccc1)c1ccc(Cl)c(Cl)c1. The highest BCUT2D eigenvalue weighted by Gasteiger charge is 2.25. The van der Waals surface area contributed by atoms with Gasteiger partial charge in [0, 0.05) is 5.56 Å². The molecule has 2 aromatic heterocycles. The summed E-state index contributed by atoms with van der Waals surface area (Å²) in [5, 5.41) is 20.2. The molecule has 0 unspecified atom stereocenters. The first-order valence-electron chi connectivity index (χ1n) is 8.85. The van der Waals surface area contributed by atoms with E-state index in [-0.39, 0.29) is 17.3 Å². The van der Waals surface area contributed by atoms with Gasteiger partial charge in [-0.05, 0) is 34.9 Å². The lowest BCUT2D eigenvalue weighted by Crippen LogP contribution is -2.21. The van der Waals surface area contributed by atoms with Gasteiger partial charge in [0.2, 0.25) is 11.6 Å². The lowest BCUT2D eigenvalue weighted by molar-refractivity contribution is 0.0950. The number of nitrogens with one attached hydrogen (secondary N) is 1. The van der Waals surface area contributed by atoms with Crippen molar-refractivity contribution in [2.24, 2.45) is 5.10 Å². The van der Waals surface area contributed by atoms with E-state index in [9.17, 15) is 4.79 Å². The molecule has 4 rings (SSSR count). The highest BCUT2D eigenvalue weighted by molar-refractivity contribution is 6.42. The first kappa shape index (κ1) is 20.5. The van der Waals surface area contributed by atoms with E-state index in [0.717, 1.165) is 0 Å². The van der Waals surface area contributed by atoms with Crippen LogP contribution in [-0.4, -0.2) is 36.9 Å². The Hall–Kier alpha value is -3.76. The molecule has 156 valence electrons. The molecule has 0 spiro atoms. The minimum Gasteiger partial charge on any atom is -0.378 e. The van der Waals surface area contributed by atoms with Gasteiger partial charge in [-0.15, -0.1) is 5.10 Å². The Kier molecular flexibility index (Phi) is 5.65. The third kappa shape index (κ3) is 4.11. The van der Waals surface area contributed by atoms with Gasteiger partial charge < -0.3 is 5.73 Å². The second-order valence-electron chi connectivity index (χ2n) is 6.30. The molecule has 0 saturated heterocycles. The van der Waals surface area contributed by atoms with E-state index in [0.29, 0.717) is 32.6 Å². The molecule has 0 bridgehead atoms. The van der Waals surface area contributed by atoms with Crippen LogP contribution < -0.4 is 11.2 Å². The summed E-state index contributed by atoms with van der Waals surface area (Å²) in [6.07, 6.45) is 0. The van der Waals surface area contributed by atoms with E-state index in [2.05, 4.69) is 35.8 Å². The summed E-state index contributed by atoms with van der Waals surface area (Å²) < 4.78 is 5.93. The zero-order valence-corrected chi connectivity index (χ0v) is 17.5. The van der Waals surface area contributed by atoms with Crippen molar-refractivity contribution in [3.8, 4) is 17.1 Å². The molecule has 0 aliphatic carbocycles. The van der Waals surface area contributed by atoms with Crippen LogP contribution in [0, 0.1) is 0 Å². The number of amides is 1. The van der Waals surface area contributed by atoms with Crippen LogP contribution in [0.3, 0.4) is 0 Å². The number of carbonyl (C=O) groups excluding carboxylic acids is 1. The minimum absolute atomic E-state index is 0.00233. The van der Waals surface area contributed by atoms with E-state index in [4.69, 9.17) is 28.9 Å². The molecule has 12 heteroatoms. The Bertz CT molecular complexity index is 1280. The lowest BCUT2D eigenvalue weighted by atomic mass is 10.1. The zero-order valence-electron chi connectivity index (χ0n) is 16.0. The maximum Gasteiger partial charge on any atom is 0.294 e. The average molecular weight is 457 g/mol. The molecule has 3 N–H and O–H groups in total. The average Bonchev–Trinajstić information content (AvgIpc) is 3.40. The van der Waals surface area contributed by atoms with E-state index in [1.165, 1.54) is 4.68 Å². The van der Waals surface area contributed by atoms with Crippen LogP contribution in [-0.2, 0) is 0 Å². The number of nitrogen functional groups attached to an aromatic ring is 1. The van der Waals surface area contributed by atoms with E-state index in [1.54, 1.807) is 37.3 Å². The fourth-order valence-electron chi connectivity index (χ4n) is 2.75. The van der Waals surface area contributed by atoms with E-state index >= 15 is 0 Å². The molecular weight excluding hydrogens is 443 g/mol. The molecule has 0 radical (unpaired) electrons. The third-order valence-electron chi connectivity index (χ3n) is 4.29. The van der Waals surface area contributed by atoms with Crippen molar-refractivity contribution in [1.82, 2.24) is 30.7 Å². The van der Waals surface area contributed by atoms with E-state index in [1.807, 2.05) is 18.2 Å². The summed E-state index contributed by atoms with van der Waals surface area (Å²) in [7, 11) is 0. The maximum absolute atomic E-state index is 12.9. The Morgan fingerprint density at radius 3 is 2.58 bits per heavy atom. The standard InChI is InChI=1S/C19H14Cl2N8O2/c1-10(12-7-8-13(20)14(21)9-12)23-25-19(30)15-16(11-5-3-2-4-6-11)29(28-24-15)18-17(22)26-31-27-18/h2-9H,1H3,(H2,22,26)(H,25,30)/b23-10-. The number of carbonyl (C=O) groups is 1. The molecule has 2 aromatic carbocycles. The van der Waals surface area contributed by atoms with Crippen molar-refractivity contribution in [1.29, 1.82) is 0 Å².